The van der Waals surface area contributed by atoms with Crippen molar-refractivity contribution in [3.8, 4) is 0 Å². The van der Waals surface area contributed by atoms with Crippen LogP contribution in [-0.4, -0.2) is 21.0 Å². The summed E-state index contributed by atoms with van der Waals surface area (Å²) < 4.78 is 0. The van der Waals surface area contributed by atoms with E-state index in [1.54, 1.807) is 6.92 Å². The maximum atomic E-state index is 10.3. The molecule has 0 spiro atoms. The van der Waals surface area contributed by atoms with E-state index in [9.17, 15) is 4.79 Å². The molecule has 1 rings (SSSR count). The Morgan fingerprint density at radius 2 is 2.60 bits per heavy atom. The van der Waals surface area contributed by atoms with Gasteiger partial charge in [0.2, 0.25) is 0 Å². The largest absolute Gasteiger partial charge is 0.481 e. The predicted molar refractivity (Wildman–Crippen MR) is 34.6 cm³/mol. The van der Waals surface area contributed by atoms with Crippen LogP contribution in [0.15, 0.2) is 12.5 Å². The van der Waals surface area contributed by atoms with Crippen LogP contribution < -0.4 is 0 Å². The highest BCUT2D eigenvalue weighted by Gasteiger charge is 2.13. The molecule has 4 nitrogen and oxygen atoms in total. The lowest BCUT2D eigenvalue weighted by Gasteiger charge is -1.99. The molecule has 10 heavy (non-hydrogen) atoms. The molecule has 1 aromatic heterocycles. The van der Waals surface area contributed by atoms with E-state index in [1.165, 1.54) is 12.5 Å². The molecule has 0 aliphatic rings. The van der Waals surface area contributed by atoms with E-state index in [-0.39, 0.29) is 0 Å². The Labute approximate surface area is 57.9 Å². The quantitative estimate of drug-likeness (QED) is 0.632. The number of carboxylic acids is 1. The zero-order valence-corrected chi connectivity index (χ0v) is 5.53. The van der Waals surface area contributed by atoms with Gasteiger partial charge < -0.3 is 10.1 Å². The monoisotopic (exact) mass is 140 g/mol. The van der Waals surface area contributed by atoms with E-state index in [0.717, 1.165) is 0 Å². The second kappa shape index (κ2) is 2.51. The Hall–Kier alpha value is -1.32. The number of hydrogen-bond donors (Lipinski definition) is 2. The van der Waals surface area contributed by atoms with Crippen LogP contribution in [0.25, 0.3) is 0 Å². The highest BCUT2D eigenvalue weighted by Crippen LogP contribution is 2.09. The van der Waals surface area contributed by atoms with Gasteiger partial charge in [0.1, 0.15) is 0 Å². The summed E-state index contributed by atoms with van der Waals surface area (Å²) in [6.45, 7) is 1.61. The van der Waals surface area contributed by atoms with Gasteiger partial charge in [-0.15, -0.1) is 0 Å². The summed E-state index contributed by atoms with van der Waals surface area (Å²) in [6.07, 6.45) is 2.98. The minimum Gasteiger partial charge on any atom is -0.481 e. The summed E-state index contributed by atoms with van der Waals surface area (Å²) in [5.41, 5.74) is 0.632. The molecular formula is C6H8N2O2. The topological polar surface area (TPSA) is 66.0 Å². The molecule has 1 aromatic rings. The molecule has 4 heteroatoms. The molecule has 0 amide bonds. The Morgan fingerprint density at radius 3 is 3.00 bits per heavy atom. The van der Waals surface area contributed by atoms with Crippen LogP contribution in [0.5, 0.6) is 0 Å². The molecule has 0 aromatic carbocycles. The third-order valence-corrected chi connectivity index (χ3v) is 1.36. The van der Waals surface area contributed by atoms with Crippen LogP contribution in [0, 0.1) is 0 Å². The first-order valence-corrected chi connectivity index (χ1v) is 2.93. The van der Waals surface area contributed by atoms with Crippen molar-refractivity contribution in [1.82, 2.24) is 9.97 Å². The molecule has 1 heterocycles. The SMILES string of the molecule is C[C@H](C(=O)O)c1cnc[nH]1. The van der Waals surface area contributed by atoms with Crippen LogP contribution in [0.2, 0.25) is 0 Å². The Kier molecular flexibility index (Phi) is 1.71. The van der Waals surface area contributed by atoms with E-state index >= 15 is 0 Å². The molecule has 0 bridgehead atoms. The van der Waals surface area contributed by atoms with E-state index in [4.69, 9.17) is 5.11 Å². The van der Waals surface area contributed by atoms with E-state index < -0.39 is 11.9 Å². The standard InChI is InChI=1S/C6H8N2O2/c1-4(6(9)10)5-2-7-3-8-5/h2-4H,1H3,(H,7,8)(H,9,10)/t4-/m0/s1. The molecule has 1 atom stereocenters. The first-order chi connectivity index (χ1) is 4.72. The van der Waals surface area contributed by atoms with Crippen molar-refractivity contribution >= 4 is 5.97 Å². The number of hydrogen-bond acceptors (Lipinski definition) is 2. The zero-order chi connectivity index (χ0) is 7.56. The van der Waals surface area contributed by atoms with Crippen molar-refractivity contribution in [2.24, 2.45) is 0 Å². The smallest absolute Gasteiger partial charge is 0.312 e. The van der Waals surface area contributed by atoms with Gasteiger partial charge in [-0.3, -0.25) is 4.79 Å². The lowest BCUT2D eigenvalue weighted by molar-refractivity contribution is -0.138. The summed E-state index contributed by atoms with van der Waals surface area (Å²) in [4.78, 5) is 16.8. The molecule has 0 fully saturated rings. The molecule has 54 valence electrons. The number of H-pyrrole nitrogens is 1. The van der Waals surface area contributed by atoms with Crippen LogP contribution in [0.3, 0.4) is 0 Å². The number of rotatable bonds is 2. The normalized spacial score (nSPS) is 12.9. The van der Waals surface area contributed by atoms with Crippen molar-refractivity contribution in [2.45, 2.75) is 12.8 Å². The van der Waals surface area contributed by atoms with E-state index in [2.05, 4.69) is 9.97 Å². The maximum Gasteiger partial charge on any atom is 0.312 e. The first kappa shape index (κ1) is 6.80. The lowest BCUT2D eigenvalue weighted by atomic mass is 10.1. The van der Waals surface area contributed by atoms with Gasteiger partial charge in [0.15, 0.2) is 0 Å². The molecule has 0 aliphatic heterocycles. The molecular weight excluding hydrogens is 132 g/mol. The van der Waals surface area contributed by atoms with Crippen LogP contribution >= 0.6 is 0 Å². The first-order valence-electron chi connectivity index (χ1n) is 2.93. The second-order valence-corrected chi connectivity index (χ2v) is 2.07. The number of imidazole rings is 1. The molecule has 0 saturated heterocycles. The zero-order valence-electron chi connectivity index (χ0n) is 5.53. The highest BCUT2D eigenvalue weighted by molar-refractivity contribution is 5.74. The van der Waals surface area contributed by atoms with Crippen molar-refractivity contribution in [1.29, 1.82) is 0 Å². The van der Waals surface area contributed by atoms with Crippen molar-refractivity contribution in [3.05, 3.63) is 18.2 Å². The molecule has 0 unspecified atom stereocenters. The number of aromatic nitrogens is 2. The van der Waals surface area contributed by atoms with Gasteiger partial charge in [-0.05, 0) is 6.92 Å². The Morgan fingerprint density at radius 1 is 1.90 bits per heavy atom. The average molecular weight is 140 g/mol. The van der Waals surface area contributed by atoms with Crippen LogP contribution in [0.4, 0.5) is 0 Å². The van der Waals surface area contributed by atoms with Crippen molar-refractivity contribution < 1.29 is 9.90 Å². The van der Waals surface area contributed by atoms with Gasteiger partial charge >= 0.3 is 5.97 Å². The average Bonchev–Trinajstić information content (AvgIpc) is 2.36. The van der Waals surface area contributed by atoms with Gasteiger partial charge in [-0.25, -0.2) is 4.98 Å². The van der Waals surface area contributed by atoms with Gasteiger partial charge in [-0.1, -0.05) is 0 Å². The third kappa shape index (κ3) is 1.15. The van der Waals surface area contributed by atoms with Gasteiger partial charge in [-0.2, -0.15) is 0 Å². The van der Waals surface area contributed by atoms with Crippen molar-refractivity contribution in [3.63, 3.8) is 0 Å². The molecule has 0 radical (unpaired) electrons. The fraction of sp³-hybridized carbons (Fsp3) is 0.333. The number of carboxylic acid groups (broad SMARTS) is 1. The molecule has 0 aliphatic carbocycles. The summed E-state index contributed by atoms with van der Waals surface area (Å²) in [6, 6.07) is 0. The molecule has 0 saturated carbocycles. The van der Waals surface area contributed by atoms with E-state index in [0.29, 0.717) is 5.69 Å². The maximum absolute atomic E-state index is 10.3. The lowest BCUT2D eigenvalue weighted by Crippen LogP contribution is -2.07. The van der Waals surface area contributed by atoms with Crippen molar-refractivity contribution in [2.75, 3.05) is 0 Å². The number of nitrogens with zero attached hydrogens (tertiary/aromatic N) is 1. The van der Waals surface area contributed by atoms with E-state index in [1.807, 2.05) is 0 Å². The fourth-order valence-electron chi connectivity index (χ4n) is 0.636. The number of nitrogens with one attached hydrogen (secondary N) is 1. The fourth-order valence-corrected chi connectivity index (χ4v) is 0.636. The molecule has 2 N–H and O–H groups in total. The number of carbonyl (C=O) groups is 1. The summed E-state index contributed by atoms with van der Waals surface area (Å²) in [5, 5.41) is 8.51. The summed E-state index contributed by atoms with van der Waals surface area (Å²) in [7, 11) is 0. The Bertz CT molecular complexity index is 218. The summed E-state index contributed by atoms with van der Waals surface area (Å²) >= 11 is 0. The second-order valence-electron chi connectivity index (χ2n) is 2.07. The Balaban J connectivity index is 2.77. The minimum absolute atomic E-state index is 0.498. The van der Waals surface area contributed by atoms with Crippen LogP contribution in [0.1, 0.15) is 18.5 Å². The number of aliphatic carboxylic acids is 1. The number of aromatic amines is 1. The highest BCUT2D eigenvalue weighted by atomic mass is 16.4. The van der Waals surface area contributed by atoms with Gasteiger partial charge in [0, 0.05) is 11.9 Å². The minimum atomic E-state index is -0.843. The summed E-state index contributed by atoms with van der Waals surface area (Å²) in [5.74, 6) is -1.34. The predicted octanol–water partition coefficient (Wildman–Crippen LogP) is 0.598. The third-order valence-electron chi connectivity index (χ3n) is 1.36. The van der Waals surface area contributed by atoms with Gasteiger partial charge in [0.25, 0.3) is 0 Å². The van der Waals surface area contributed by atoms with Gasteiger partial charge in [0.05, 0.1) is 12.2 Å². The van der Waals surface area contributed by atoms with Crippen LogP contribution in [-0.2, 0) is 4.79 Å².